The number of benzene rings is 2. The lowest BCUT2D eigenvalue weighted by atomic mass is 9.87. The fourth-order valence-electron chi connectivity index (χ4n) is 2.37. The Bertz CT molecular complexity index is 756. The van der Waals surface area contributed by atoms with Crippen LogP contribution in [0.1, 0.15) is 31.9 Å². The maximum atomic E-state index is 12.1. The van der Waals surface area contributed by atoms with Gasteiger partial charge in [-0.1, -0.05) is 39.0 Å². The summed E-state index contributed by atoms with van der Waals surface area (Å²) in [5, 5.41) is 2.86. The molecule has 132 valence electrons. The van der Waals surface area contributed by atoms with Gasteiger partial charge in [-0.25, -0.2) is 0 Å². The van der Waals surface area contributed by atoms with E-state index in [1.54, 1.807) is 20.3 Å². The van der Waals surface area contributed by atoms with E-state index >= 15 is 0 Å². The van der Waals surface area contributed by atoms with Crippen LogP contribution in [0.3, 0.4) is 0 Å². The van der Waals surface area contributed by atoms with Gasteiger partial charge in [0.1, 0.15) is 0 Å². The van der Waals surface area contributed by atoms with Crippen molar-refractivity contribution < 1.29 is 14.3 Å². The molecule has 0 unspecified atom stereocenters. The number of carbonyl (C=O) groups excluding carboxylic acids is 1. The third kappa shape index (κ3) is 5.11. The number of anilines is 1. The summed E-state index contributed by atoms with van der Waals surface area (Å²) in [5.41, 5.74) is 2.95. The molecule has 2 aromatic carbocycles. The highest BCUT2D eigenvalue weighted by atomic mass is 16.5. The van der Waals surface area contributed by atoms with E-state index in [1.165, 1.54) is 11.6 Å². The Labute approximate surface area is 149 Å². The molecule has 4 nitrogen and oxygen atoms in total. The molecule has 0 aromatic heterocycles. The molecule has 1 N–H and O–H groups in total. The van der Waals surface area contributed by atoms with Crippen molar-refractivity contribution in [3.05, 3.63) is 59.7 Å². The molecular weight excluding hydrogens is 314 g/mol. The van der Waals surface area contributed by atoms with E-state index < -0.39 is 0 Å². The summed E-state index contributed by atoms with van der Waals surface area (Å²) >= 11 is 0. The van der Waals surface area contributed by atoms with Crippen LogP contribution in [0.4, 0.5) is 5.69 Å². The average molecular weight is 339 g/mol. The average Bonchev–Trinajstić information content (AvgIpc) is 2.59. The number of hydrogen-bond donors (Lipinski definition) is 1. The van der Waals surface area contributed by atoms with Gasteiger partial charge in [-0.2, -0.15) is 0 Å². The molecule has 2 aromatic rings. The lowest BCUT2D eigenvalue weighted by Gasteiger charge is -2.19. The predicted octanol–water partition coefficient (Wildman–Crippen LogP) is 4.65. The Morgan fingerprint density at radius 1 is 0.960 bits per heavy atom. The minimum Gasteiger partial charge on any atom is -0.493 e. The molecular formula is C21H25NO3. The first-order valence-corrected chi connectivity index (χ1v) is 8.15. The van der Waals surface area contributed by atoms with Crippen LogP contribution in [0.15, 0.2) is 48.5 Å². The van der Waals surface area contributed by atoms with Gasteiger partial charge in [-0.3, -0.25) is 4.79 Å². The summed E-state index contributed by atoms with van der Waals surface area (Å²) in [7, 11) is 3.17. The van der Waals surface area contributed by atoms with Gasteiger partial charge in [0.25, 0.3) is 0 Å². The van der Waals surface area contributed by atoms with Crippen LogP contribution in [0.25, 0.3) is 6.08 Å². The summed E-state index contributed by atoms with van der Waals surface area (Å²) < 4.78 is 10.5. The summed E-state index contributed by atoms with van der Waals surface area (Å²) in [4.78, 5) is 12.1. The van der Waals surface area contributed by atoms with E-state index in [1.807, 2.05) is 42.5 Å². The zero-order chi connectivity index (χ0) is 18.4. The molecule has 0 aliphatic rings. The van der Waals surface area contributed by atoms with Gasteiger partial charge in [0.15, 0.2) is 11.5 Å². The smallest absolute Gasteiger partial charge is 0.248 e. The zero-order valence-electron chi connectivity index (χ0n) is 15.4. The molecule has 0 radical (unpaired) electrons. The van der Waals surface area contributed by atoms with Crippen molar-refractivity contribution in [2.75, 3.05) is 19.5 Å². The highest BCUT2D eigenvalue weighted by molar-refractivity contribution is 6.01. The summed E-state index contributed by atoms with van der Waals surface area (Å²) in [6.07, 6.45) is 3.24. The van der Waals surface area contributed by atoms with Gasteiger partial charge in [0.2, 0.25) is 5.91 Å². The number of rotatable bonds is 5. The van der Waals surface area contributed by atoms with Crippen molar-refractivity contribution in [3.63, 3.8) is 0 Å². The van der Waals surface area contributed by atoms with E-state index in [4.69, 9.17) is 9.47 Å². The number of nitrogens with one attached hydrogen (secondary N) is 1. The van der Waals surface area contributed by atoms with Gasteiger partial charge in [0.05, 0.1) is 14.2 Å². The van der Waals surface area contributed by atoms with Crippen LogP contribution in [0.5, 0.6) is 11.5 Å². The van der Waals surface area contributed by atoms with Gasteiger partial charge < -0.3 is 14.8 Å². The molecule has 4 heteroatoms. The van der Waals surface area contributed by atoms with Crippen molar-refractivity contribution >= 4 is 17.7 Å². The van der Waals surface area contributed by atoms with E-state index in [0.717, 1.165) is 11.3 Å². The van der Waals surface area contributed by atoms with E-state index in [9.17, 15) is 4.79 Å². The highest BCUT2D eigenvalue weighted by Gasteiger charge is 2.12. The number of carbonyl (C=O) groups is 1. The molecule has 0 saturated carbocycles. The highest BCUT2D eigenvalue weighted by Crippen LogP contribution is 2.28. The van der Waals surface area contributed by atoms with Crippen LogP contribution in [-0.2, 0) is 10.2 Å². The van der Waals surface area contributed by atoms with Crippen LogP contribution in [0.2, 0.25) is 0 Å². The van der Waals surface area contributed by atoms with Crippen LogP contribution < -0.4 is 14.8 Å². The van der Waals surface area contributed by atoms with Gasteiger partial charge in [-0.05, 0) is 46.9 Å². The molecule has 0 aliphatic carbocycles. The Hall–Kier alpha value is -2.75. The van der Waals surface area contributed by atoms with Crippen molar-refractivity contribution in [1.82, 2.24) is 0 Å². The minimum atomic E-state index is -0.182. The van der Waals surface area contributed by atoms with Crippen molar-refractivity contribution in [2.24, 2.45) is 0 Å². The SMILES string of the molecule is COc1ccc(/C=C/C(=O)Nc2ccc(C(C)(C)C)cc2)cc1OC. The molecule has 0 aliphatic heterocycles. The predicted molar refractivity (Wildman–Crippen MR) is 102 cm³/mol. The first-order valence-electron chi connectivity index (χ1n) is 8.15. The first-order chi connectivity index (χ1) is 11.8. The molecule has 0 spiro atoms. The number of methoxy groups -OCH3 is 2. The van der Waals surface area contributed by atoms with Crippen LogP contribution >= 0.6 is 0 Å². The van der Waals surface area contributed by atoms with Crippen molar-refractivity contribution in [2.45, 2.75) is 26.2 Å². The minimum absolute atomic E-state index is 0.0931. The fourth-order valence-corrected chi connectivity index (χ4v) is 2.37. The normalized spacial score (nSPS) is 11.4. The summed E-state index contributed by atoms with van der Waals surface area (Å²) in [6.45, 7) is 6.48. The second-order valence-corrected chi connectivity index (χ2v) is 6.76. The Morgan fingerprint density at radius 3 is 2.16 bits per heavy atom. The lowest BCUT2D eigenvalue weighted by Crippen LogP contribution is -2.12. The van der Waals surface area contributed by atoms with E-state index in [0.29, 0.717) is 11.5 Å². The Morgan fingerprint density at radius 2 is 1.60 bits per heavy atom. The van der Waals surface area contributed by atoms with Crippen molar-refractivity contribution in [1.29, 1.82) is 0 Å². The van der Waals surface area contributed by atoms with Crippen LogP contribution in [0, 0.1) is 0 Å². The quantitative estimate of drug-likeness (QED) is 0.806. The second kappa shape index (κ2) is 7.88. The Kier molecular flexibility index (Phi) is 5.86. The molecule has 0 heterocycles. The van der Waals surface area contributed by atoms with E-state index in [-0.39, 0.29) is 11.3 Å². The van der Waals surface area contributed by atoms with Gasteiger partial charge >= 0.3 is 0 Å². The standard InChI is InChI=1S/C21H25NO3/c1-21(2,3)16-8-10-17(11-9-16)22-20(23)13-7-15-6-12-18(24-4)19(14-15)25-5/h6-14H,1-5H3,(H,22,23)/b13-7+. The maximum absolute atomic E-state index is 12.1. The summed E-state index contributed by atoms with van der Waals surface area (Å²) in [5.74, 6) is 1.10. The van der Waals surface area contributed by atoms with Gasteiger partial charge in [0, 0.05) is 11.8 Å². The molecule has 1 amide bonds. The molecule has 0 atom stereocenters. The maximum Gasteiger partial charge on any atom is 0.248 e. The monoisotopic (exact) mass is 339 g/mol. The van der Waals surface area contributed by atoms with E-state index in [2.05, 4.69) is 26.1 Å². The topological polar surface area (TPSA) is 47.6 Å². The number of ether oxygens (including phenoxy) is 2. The number of amides is 1. The van der Waals surface area contributed by atoms with Crippen LogP contribution in [-0.4, -0.2) is 20.1 Å². The van der Waals surface area contributed by atoms with Gasteiger partial charge in [-0.15, -0.1) is 0 Å². The lowest BCUT2D eigenvalue weighted by molar-refractivity contribution is -0.111. The third-order valence-corrected chi connectivity index (χ3v) is 3.85. The second-order valence-electron chi connectivity index (χ2n) is 6.76. The molecule has 0 saturated heterocycles. The number of hydrogen-bond acceptors (Lipinski definition) is 3. The first kappa shape index (κ1) is 18.6. The zero-order valence-corrected chi connectivity index (χ0v) is 15.4. The molecule has 0 fully saturated rings. The fraction of sp³-hybridized carbons (Fsp3) is 0.286. The molecule has 0 bridgehead atoms. The van der Waals surface area contributed by atoms with Crippen molar-refractivity contribution in [3.8, 4) is 11.5 Å². The molecule has 25 heavy (non-hydrogen) atoms. The third-order valence-electron chi connectivity index (χ3n) is 3.85. The largest absolute Gasteiger partial charge is 0.493 e. The Balaban J connectivity index is 2.03. The summed E-state index contributed by atoms with van der Waals surface area (Å²) in [6, 6.07) is 13.4. The molecule has 2 rings (SSSR count).